The zero-order valence-corrected chi connectivity index (χ0v) is 14.8. The number of amides is 1. The average molecular weight is 373 g/mol. The smallest absolute Gasteiger partial charge is 0.257 e. The molecule has 0 saturated heterocycles. The van der Waals surface area contributed by atoms with Crippen LogP contribution in [0.3, 0.4) is 0 Å². The molecule has 0 unspecified atom stereocenters. The molecule has 0 radical (unpaired) electrons. The molecule has 9 nitrogen and oxygen atoms in total. The first-order valence-electron chi connectivity index (χ1n) is 7.71. The minimum atomic E-state index is -0.523. The van der Waals surface area contributed by atoms with Gasteiger partial charge in [0.2, 0.25) is 5.75 Å². The van der Waals surface area contributed by atoms with Crippen molar-refractivity contribution in [3.63, 3.8) is 0 Å². The highest BCUT2D eigenvalue weighted by atomic mass is 19.1. The lowest BCUT2D eigenvalue weighted by Gasteiger charge is -2.15. The number of nitrogens with one attached hydrogen (secondary N) is 1. The summed E-state index contributed by atoms with van der Waals surface area (Å²) in [5, 5.41) is 13.4. The summed E-state index contributed by atoms with van der Waals surface area (Å²) in [6.07, 6.45) is 1.27. The lowest BCUT2D eigenvalue weighted by molar-refractivity contribution is 0.102. The quantitative estimate of drug-likeness (QED) is 0.706. The third-order valence-electron chi connectivity index (χ3n) is 3.72. The van der Waals surface area contributed by atoms with Gasteiger partial charge in [-0.3, -0.25) is 4.79 Å². The first-order chi connectivity index (χ1) is 13.1. The van der Waals surface area contributed by atoms with Crippen LogP contribution in [0.2, 0.25) is 0 Å². The fourth-order valence-corrected chi connectivity index (χ4v) is 2.51. The predicted molar refractivity (Wildman–Crippen MR) is 93.2 cm³/mol. The highest BCUT2D eigenvalue weighted by molar-refractivity contribution is 6.07. The van der Waals surface area contributed by atoms with Crippen molar-refractivity contribution in [2.45, 2.75) is 0 Å². The number of benzene rings is 2. The summed E-state index contributed by atoms with van der Waals surface area (Å²) in [7, 11) is 4.42. The molecule has 3 rings (SSSR count). The van der Waals surface area contributed by atoms with Gasteiger partial charge in [-0.1, -0.05) is 0 Å². The van der Waals surface area contributed by atoms with Gasteiger partial charge in [0.25, 0.3) is 5.91 Å². The predicted octanol–water partition coefficient (Wildman–Crippen LogP) is 2.08. The van der Waals surface area contributed by atoms with Crippen molar-refractivity contribution in [1.82, 2.24) is 20.2 Å². The number of carbonyl (C=O) groups excluding carboxylic acids is 1. The topological polar surface area (TPSA) is 100 Å². The van der Waals surface area contributed by atoms with Crippen molar-refractivity contribution in [2.24, 2.45) is 0 Å². The highest BCUT2D eigenvalue weighted by Crippen LogP contribution is 2.40. The molecule has 0 bridgehead atoms. The molecule has 10 heteroatoms. The Morgan fingerprint density at radius 2 is 1.78 bits per heavy atom. The van der Waals surface area contributed by atoms with Gasteiger partial charge in [-0.15, -0.1) is 5.10 Å². The van der Waals surface area contributed by atoms with Gasteiger partial charge in [-0.25, -0.2) is 4.39 Å². The molecular weight excluding hydrogens is 357 g/mol. The summed E-state index contributed by atoms with van der Waals surface area (Å²) < 4.78 is 30.6. The van der Waals surface area contributed by atoms with E-state index in [1.807, 2.05) is 0 Å². The molecule has 0 fully saturated rings. The van der Waals surface area contributed by atoms with Crippen LogP contribution in [0.4, 0.5) is 10.1 Å². The number of methoxy groups -OCH3 is 3. The first kappa shape index (κ1) is 18.1. The molecule has 3 aromatic rings. The Hall–Kier alpha value is -3.69. The normalized spacial score (nSPS) is 10.4. The Balaban J connectivity index is 1.97. The molecule has 0 aliphatic heterocycles. The maximum absolute atomic E-state index is 13.6. The van der Waals surface area contributed by atoms with Gasteiger partial charge in [0.05, 0.1) is 32.6 Å². The third kappa shape index (κ3) is 3.64. The van der Waals surface area contributed by atoms with E-state index in [0.717, 1.165) is 0 Å². The number of nitrogens with zero attached hydrogens (tertiary/aromatic N) is 4. The molecule has 1 amide bonds. The molecule has 0 spiro atoms. The molecule has 0 atom stereocenters. The maximum Gasteiger partial charge on any atom is 0.257 e. The van der Waals surface area contributed by atoms with E-state index in [9.17, 15) is 9.18 Å². The van der Waals surface area contributed by atoms with Gasteiger partial charge >= 0.3 is 0 Å². The van der Waals surface area contributed by atoms with E-state index < -0.39 is 11.7 Å². The molecule has 1 N–H and O–H groups in total. The minimum absolute atomic E-state index is 0.178. The summed E-state index contributed by atoms with van der Waals surface area (Å²) in [4.78, 5) is 12.8. The Bertz CT molecular complexity index is 937. The van der Waals surface area contributed by atoms with Gasteiger partial charge in [-0.05, 0) is 22.6 Å². The number of carbonyl (C=O) groups is 1. The number of hydrogen-bond acceptors (Lipinski definition) is 7. The van der Waals surface area contributed by atoms with Crippen molar-refractivity contribution in [1.29, 1.82) is 0 Å². The zero-order chi connectivity index (χ0) is 19.4. The molecule has 140 valence electrons. The number of aromatic nitrogens is 4. The second kappa shape index (κ2) is 7.68. The molecule has 0 aliphatic carbocycles. The van der Waals surface area contributed by atoms with Gasteiger partial charge in [-0.2, -0.15) is 4.68 Å². The Morgan fingerprint density at radius 1 is 1.07 bits per heavy atom. The number of anilines is 1. The molecular formula is C17H16FN5O4. The molecule has 1 heterocycles. The monoisotopic (exact) mass is 373 g/mol. The van der Waals surface area contributed by atoms with Gasteiger partial charge in [0, 0.05) is 23.9 Å². The average Bonchev–Trinajstić information content (AvgIpc) is 3.21. The van der Waals surface area contributed by atoms with Crippen LogP contribution in [-0.2, 0) is 0 Å². The molecule has 0 aliphatic rings. The second-order valence-electron chi connectivity index (χ2n) is 5.28. The molecule has 2 aromatic carbocycles. The standard InChI is InChI=1S/C17H16FN5O4/c1-25-14-7-11(8-15(26-2)16(14)27-3)20-17(24)12-5-4-10(18)6-13(12)23-9-19-21-22-23/h4-9H,1-3H3,(H,20,24). The zero-order valence-electron chi connectivity index (χ0n) is 14.8. The van der Waals surface area contributed by atoms with E-state index in [0.29, 0.717) is 22.9 Å². The Labute approximate surface area is 153 Å². The van der Waals surface area contributed by atoms with Gasteiger partial charge < -0.3 is 19.5 Å². The number of tetrazole rings is 1. The minimum Gasteiger partial charge on any atom is -0.493 e. The molecule has 0 saturated carbocycles. The van der Waals surface area contributed by atoms with E-state index in [-0.39, 0.29) is 11.3 Å². The highest BCUT2D eigenvalue weighted by Gasteiger charge is 2.18. The van der Waals surface area contributed by atoms with Crippen LogP contribution < -0.4 is 19.5 Å². The largest absolute Gasteiger partial charge is 0.493 e. The Kier molecular flexibility index (Phi) is 5.15. The fraction of sp³-hybridized carbons (Fsp3) is 0.176. The van der Waals surface area contributed by atoms with Crippen LogP contribution in [0.25, 0.3) is 5.69 Å². The van der Waals surface area contributed by atoms with Gasteiger partial charge in [0.15, 0.2) is 11.5 Å². The van der Waals surface area contributed by atoms with Crippen molar-refractivity contribution >= 4 is 11.6 Å². The second-order valence-corrected chi connectivity index (χ2v) is 5.28. The van der Waals surface area contributed by atoms with E-state index in [4.69, 9.17) is 14.2 Å². The van der Waals surface area contributed by atoms with Crippen LogP contribution in [-0.4, -0.2) is 47.4 Å². The maximum atomic E-state index is 13.6. The number of hydrogen-bond donors (Lipinski definition) is 1. The summed E-state index contributed by atoms with van der Waals surface area (Å²) in [5.74, 6) is 0.146. The summed E-state index contributed by atoms with van der Waals surface area (Å²) in [5.41, 5.74) is 0.781. The summed E-state index contributed by atoms with van der Waals surface area (Å²) in [6, 6.07) is 6.86. The van der Waals surface area contributed by atoms with E-state index in [2.05, 4.69) is 20.8 Å². The van der Waals surface area contributed by atoms with Crippen LogP contribution in [0, 0.1) is 5.82 Å². The number of halogens is 1. The van der Waals surface area contributed by atoms with Crippen LogP contribution >= 0.6 is 0 Å². The van der Waals surface area contributed by atoms with Crippen LogP contribution in [0.1, 0.15) is 10.4 Å². The fourth-order valence-electron chi connectivity index (χ4n) is 2.51. The van der Waals surface area contributed by atoms with Crippen LogP contribution in [0.5, 0.6) is 17.2 Å². The third-order valence-corrected chi connectivity index (χ3v) is 3.72. The van der Waals surface area contributed by atoms with Crippen molar-refractivity contribution in [3.8, 4) is 22.9 Å². The number of rotatable bonds is 6. The van der Waals surface area contributed by atoms with Crippen molar-refractivity contribution in [2.75, 3.05) is 26.6 Å². The number of ether oxygens (including phenoxy) is 3. The SMILES string of the molecule is COc1cc(NC(=O)c2ccc(F)cc2-n2cnnn2)cc(OC)c1OC. The summed E-state index contributed by atoms with van der Waals surface area (Å²) >= 11 is 0. The van der Waals surface area contributed by atoms with Crippen LogP contribution in [0.15, 0.2) is 36.7 Å². The lowest BCUT2D eigenvalue weighted by atomic mass is 10.1. The van der Waals surface area contributed by atoms with E-state index in [1.54, 1.807) is 12.1 Å². The van der Waals surface area contributed by atoms with Crippen molar-refractivity contribution < 1.29 is 23.4 Å². The molecule has 1 aromatic heterocycles. The summed E-state index contributed by atoms with van der Waals surface area (Å²) in [6.45, 7) is 0. The Morgan fingerprint density at radius 3 is 2.33 bits per heavy atom. The van der Waals surface area contributed by atoms with Gasteiger partial charge in [0.1, 0.15) is 12.1 Å². The van der Waals surface area contributed by atoms with Crippen molar-refractivity contribution in [3.05, 3.63) is 48.0 Å². The van der Waals surface area contributed by atoms with E-state index in [1.165, 1.54) is 50.5 Å². The lowest BCUT2D eigenvalue weighted by Crippen LogP contribution is -2.16. The van der Waals surface area contributed by atoms with E-state index >= 15 is 0 Å². The molecule has 27 heavy (non-hydrogen) atoms. The first-order valence-corrected chi connectivity index (χ1v) is 7.71.